The number of amides is 1. The van der Waals surface area contributed by atoms with Crippen molar-refractivity contribution in [1.29, 1.82) is 0 Å². The summed E-state index contributed by atoms with van der Waals surface area (Å²) in [7, 11) is -2.30. The minimum atomic E-state index is -3.72. The molecule has 144 valence electrons. The highest BCUT2D eigenvalue weighted by Gasteiger charge is 2.32. The third-order valence-electron chi connectivity index (χ3n) is 4.30. The second-order valence-electron chi connectivity index (χ2n) is 6.16. The van der Waals surface area contributed by atoms with Gasteiger partial charge in [-0.15, -0.1) is 0 Å². The maximum absolute atomic E-state index is 12.9. The fraction of sp³-hybridized carbons (Fsp3) is 0.529. The summed E-state index contributed by atoms with van der Waals surface area (Å²) in [5, 5.41) is 10.4. The maximum atomic E-state index is 12.9. The molecule has 8 nitrogen and oxygen atoms in total. The zero-order valence-corrected chi connectivity index (χ0v) is 15.8. The Balaban J connectivity index is 2.02. The summed E-state index contributed by atoms with van der Waals surface area (Å²) in [4.78, 5) is 24.2. The van der Waals surface area contributed by atoms with Crippen LogP contribution in [0.15, 0.2) is 23.1 Å². The van der Waals surface area contributed by atoms with Gasteiger partial charge in [-0.2, -0.15) is 4.31 Å². The molecule has 0 N–H and O–H groups in total. The number of aryl methyl sites for hydroxylation is 1. The van der Waals surface area contributed by atoms with Gasteiger partial charge in [0.1, 0.15) is 10.6 Å². The van der Waals surface area contributed by atoms with Gasteiger partial charge >= 0.3 is 0 Å². The van der Waals surface area contributed by atoms with E-state index in [9.17, 15) is 23.1 Å². The number of carboxylic acid groups (broad SMARTS) is 1. The van der Waals surface area contributed by atoms with Crippen LogP contribution in [0.2, 0.25) is 0 Å². The number of hydrogen-bond acceptors (Lipinski definition) is 6. The average molecular weight is 383 g/mol. The van der Waals surface area contributed by atoms with Crippen molar-refractivity contribution in [3.8, 4) is 5.75 Å². The van der Waals surface area contributed by atoms with Crippen LogP contribution in [-0.4, -0.2) is 62.8 Å². The highest BCUT2D eigenvalue weighted by Crippen LogP contribution is 2.28. The van der Waals surface area contributed by atoms with Gasteiger partial charge in [0.2, 0.25) is 15.9 Å². The minimum absolute atomic E-state index is 0.117. The van der Waals surface area contributed by atoms with E-state index < -0.39 is 16.0 Å². The molecule has 1 aliphatic heterocycles. The molecule has 26 heavy (non-hydrogen) atoms. The lowest BCUT2D eigenvalue weighted by Crippen LogP contribution is -2.50. The zero-order valence-electron chi connectivity index (χ0n) is 14.9. The van der Waals surface area contributed by atoms with Gasteiger partial charge in [0, 0.05) is 38.6 Å². The second kappa shape index (κ2) is 8.50. The van der Waals surface area contributed by atoms with E-state index in [2.05, 4.69) is 0 Å². The molecule has 2 rings (SSSR count). The standard InChI is InChI=1S/C17H24N2O6S/c1-13-6-7-14(25-2)15(12-13)26(23,24)19-10-8-18(9-11-19)16(20)4-3-5-17(21)22/h6-7,12H,3-5,8-11H2,1-2H3,(H,21,22)/p-1. The third-order valence-corrected chi connectivity index (χ3v) is 6.22. The van der Waals surface area contributed by atoms with Crippen molar-refractivity contribution in [1.82, 2.24) is 9.21 Å². The van der Waals surface area contributed by atoms with E-state index in [4.69, 9.17) is 4.74 Å². The smallest absolute Gasteiger partial charge is 0.246 e. The first-order valence-electron chi connectivity index (χ1n) is 8.38. The Morgan fingerprint density at radius 2 is 1.81 bits per heavy atom. The largest absolute Gasteiger partial charge is 0.550 e. The van der Waals surface area contributed by atoms with Crippen LogP contribution in [0, 0.1) is 6.92 Å². The van der Waals surface area contributed by atoms with Crippen LogP contribution in [0.3, 0.4) is 0 Å². The van der Waals surface area contributed by atoms with Crippen LogP contribution in [0.1, 0.15) is 24.8 Å². The molecule has 1 aliphatic rings. The summed E-state index contributed by atoms with van der Waals surface area (Å²) in [6.07, 6.45) is 0.180. The lowest BCUT2D eigenvalue weighted by atomic mass is 10.2. The van der Waals surface area contributed by atoms with Crippen LogP contribution in [-0.2, 0) is 19.6 Å². The van der Waals surface area contributed by atoms with E-state index in [1.807, 2.05) is 6.92 Å². The quantitative estimate of drug-likeness (QED) is 0.643. The van der Waals surface area contributed by atoms with Gasteiger partial charge in [0.25, 0.3) is 0 Å². The number of ether oxygens (including phenoxy) is 1. The SMILES string of the molecule is COc1ccc(C)cc1S(=O)(=O)N1CCN(C(=O)CCCC(=O)[O-])CC1. The Labute approximate surface area is 153 Å². The topological polar surface area (TPSA) is 107 Å². The zero-order chi connectivity index (χ0) is 19.3. The first kappa shape index (κ1) is 20.2. The number of rotatable bonds is 7. The predicted molar refractivity (Wildman–Crippen MR) is 91.9 cm³/mol. The molecule has 0 radical (unpaired) electrons. The molecule has 0 atom stereocenters. The van der Waals surface area contributed by atoms with Crippen LogP contribution in [0.4, 0.5) is 0 Å². The van der Waals surface area contributed by atoms with Crippen molar-refractivity contribution < 1.29 is 27.9 Å². The number of carbonyl (C=O) groups excluding carboxylic acids is 2. The Kier molecular flexibility index (Phi) is 6.60. The van der Waals surface area contributed by atoms with Crippen LogP contribution in [0.25, 0.3) is 0 Å². The van der Waals surface area contributed by atoms with E-state index in [0.717, 1.165) is 5.56 Å². The molecule has 0 aliphatic carbocycles. The molecule has 0 aromatic heterocycles. The summed E-state index contributed by atoms with van der Waals surface area (Å²) < 4.78 is 32.3. The first-order chi connectivity index (χ1) is 12.3. The average Bonchev–Trinajstić information content (AvgIpc) is 2.61. The Bertz CT molecular complexity index is 769. The predicted octanol–water partition coefficient (Wildman–Crippen LogP) is -0.243. The van der Waals surface area contributed by atoms with Crippen LogP contribution in [0.5, 0.6) is 5.75 Å². The molecule has 0 unspecified atom stereocenters. The molecular formula is C17H23N2O6S-. The Morgan fingerprint density at radius 3 is 2.38 bits per heavy atom. The molecule has 0 bridgehead atoms. The van der Waals surface area contributed by atoms with Gasteiger partial charge in [-0.25, -0.2) is 8.42 Å². The van der Waals surface area contributed by atoms with E-state index in [-0.39, 0.29) is 62.0 Å². The van der Waals surface area contributed by atoms with Crippen molar-refractivity contribution >= 4 is 21.9 Å². The first-order valence-corrected chi connectivity index (χ1v) is 9.82. The molecule has 1 amide bonds. The molecule has 1 aromatic rings. The molecule has 1 aromatic carbocycles. The number of carbonyl (C=O) groups is 2. The summed E-state index contributed by atoms with van der Waals surface area (Å²) in [6.45, 7) is 2.73. The number of benzene rings is 1. The third kappa shape index (κ3) is 4.73. The maximum Gasteiger partial charge on any atom is 0.246 e. The van der Waals surface area contributed by atoms with Crippen LogP contribution >= 0.6 is 0 Å². The van der Waals surface area contributed by atoms with Crippen LogP contribution < -0.4 is 9.84 Å². The molecule has 0 saturated carbocycles. The number of carboxylic acids is 1. The van der Waals surface area contributed by atoms with Crippen molar-refractivity contribution in [2.75, 3.05) is 33.3 Å². The molecular weight excluding hydrogens is 360 g/mol. The monoisotopic (exact) mass is 383 g/mol. The Hall–Kier alpha value is -2.13. The second-order valence-corrected chi connectivity index (χ2v) is 8.07. The molecule has 1 saturated heterocycles. The van der Waals surface area contributed by atoms with Crippen molar-refractivity contribution in [2.24, 2.45) is 0 Å². The fourth-order valence-electron chi connectivity index (χ4n) is 2.84. The van der Waals surface area contributed by atoms with Gasteiger partial charge in [-0.05, 0) is 37.5 Å². The number of hydrogen-bond donors (Lipinski definition) is 0. The number of sulfonamides is 1. The van der Waals surface area contributed by atoms with Crippen molar-refractivity contribution in [3.05, 3.63) is 23.8 Å². The highest BCUT2D eigenvalue weighted by atomic mass is 32.2. The van der Waals surface area contributed by atoms with Gasteiger partial charge in [0.05, 0.1) is 7.11 Å². The summed E-state index contributed by atoms with van der Waals surface area (Å²) in [6, 6.07) is 4.98. The van der Waals surface area contributed by atoms with Crippen molar-refractivity contribution in [2.45, 2.75) is 31.1 Å². The molecule has 0 spiro atoms. The van der Waals surface area contributed by atoms with Gasteiger partial charge < -0.3 is 19.5 Å². The lowest BCUT2D eigenvalue weighted by Gasteiger charge is -2.34. The molecule has 9 heteroatoms. The number of aliphatic carboxylic acids is 1. The molecule has 1 heterocycles. The van der Waals surface area contributed by atoms with Gasteiger partial charge in [0.15, 0.2) is 0 Å². The van der Waals surface area contributed by atoms with E-state index in [0.29, 0.717) is 0 Å². The number of piperazine rings is 1. The van der Waals surface area contributed by atoms with E-state index in [1.54, 1.807) is 23.1 Å². The highest BCUT2D eigenvalue weighted by molar-refractivity contribution is 7.89. The summed E-state index contributed by atoms with van der Waals surface area (Å²) in [5.74, 6) is -1.06. The fourth-order valence-corrected chi connectivity index (χ4v) is 4.51. The van der Waals surface area contributed by atoms with E-state index in [1.165, 1.54) is 11.4 Å². The summed E-state index contributed by atoms with van der Waals surface area (Å²) in [5.41, 5.74) is 0.811. The molecule has 1 fully saturated rings. The number of nitrogens with zero attached hydrogens (tertiary/aromatic N) is 2. The number of methoxy groups -OCH3 is 1. The van der Waals surface area contributed by atoms with Crippen molar-refractivity contribution in [3.63, 3.8) is 0 Å². The lowest BCUT2D eigenvalue weighted by molar-refractivity contribution is -0.305. The Morgan fingerprint density at radius 1 is 1.15 bits per heavy atom. The normalized spacial score (nSPS) is 15.7. The van der Waals surface area contributed by atoms with E-state index >= 15 is 0 Å². The van der Waals surface area contributed by atoms with Gasteiger partial charge in [-0.1, -0.05) is 6.07 Å². The van der Waals surface area contributed by atoms with Gasteiger partial charge in [-0.3, -0.25) is 4.79 Å². The summed E-state index contributed by atoms with van der Waals surface area (Å²) >= 11 is 0. The minimum Gasteiger partial charge on any atom is -0.550 e.